The van der Waals surface area contributed by atoms with Crippen molar-refractivity contribution in [1.29, 1.82) is 0 Å². The van der Waals surface area contributed by atoms with E-state index in [2.05, 4.69) is 17.0 Å². The summed E-state index contributed by atoms with van der Waals surface area (Å²) in [4.78, 5) is 33.4. The number of hydrogen-bond acceptors (Lipinski definition) is 4. The Hall–Kier alpha value is -1.50. The number of amides is 1. The third kappa shape index (κ3) is 54.6. The van der Waals surface area contributed by atoms with Crippen LogP contribution in [0.5, 0.6) is 0 Å². The molecular weight excluding hydrogens is 241 g/mol. The molecule has 16 heavy (non-hydrogen) atoms. The maximum Gasteiger partial charge on any atom is 0.692 e. The SMILES string of the molecule is C=C(C)C(=O)O.CCOC(N)=O.O=[P+](O)O. The fourth-order valence-electron chi connectivity index (χ4n) is 0.142. The lowest BCUT2D eigenvalue weighted by atomic mass is 10.4. The van der Waals surface area contributed by atoms with E-state index in [-0.39, 0.29) is 5.57 Å². The van der Waals surface area contributed by atoms with Crippen molar-refractivity contribution in [2.45, 2.75) is 13.8 Å². The smallest absolute Gasteiger partial charge is 0.478 e. The van der Waals surface area contributed by atoms with E-state index in [9.17, 15) is 9.59 Å². The lowest BCUT2D eigenvalue weighted by molar-refractivity contribution is -0.132. The Balaban J connectivity index is -0.000000162. The minimum Gasteiger partial charge on any atom is -0.478 e. The second-order valence-electron chi connectivity index (χ2n) is 2.09. The van der Waals surface area contributed by atoms with Gasteiger partial charge in [-0.2, -0.15) is 0 Å². The van der Waals surface area contributed by atoms with Crippen molar-refractivity contribution in [2.75, 3.05) is 6.61 Å². The van der Waals surface area contributed by atoms with Gasteiger partial charge in [-0.15, -0.1) is 9.79 Å². The molecule has 8 nitrogen and oxygen atoms in total. The normalized spacial score (nSPS) is 7.25. The second kappa shape index (κ2) is 13.5. The summed E-state index contributed by atoms with van der Waals surface area (Å²) in [6.45, 7) is 6.66. The molecule has 0 aliphatic carbocycles. The average Bonchev–Trinajstić information content (AvgIpc) is 2.03. The molecule has 0 unspecified atom stereocenters. The Labute approximate surface area is 93.3 Å². The van der Waals surface area contributed by atoms with E-state index in [4.69, 9.17) is 19.5 Å². The molecule has 0 saturated carbocycles. The van der Waals surface area contributed by atoms with Crippen molar-refractivity contribution in [3.05, 3.63) is 12.2 Å². The predicted molar refractivity (Wildman–Crippen MR) is 55.7 cm³/mol. The highest BCUT2D eigenvalue weighted by molar-refractivity contribution is 7.30. The van der Waals surface area contributed by atoms with E-state index in [0.29, 0.717) is 6.61 Å². The van der Waals surface area contributed by atoms with Crippen LogP contribution >= 0.6 is 8.25 Å². The molecule has 0 heterocycles. The summed E-state index contributed by atoms with van der Waals surface area (Å²) in [6, 6.07) is 0. The van der Waals surface area contributed by atoms with Crippen LogP contribution in [0.1, 0.15) is 13.8 Å². The molecule has 0 aliphatic rings. The van der Waals surface area contributed by atoms with E-state index in [1.165, 1.54) is 6.92 Å². The van der Waals surface area contributed by atoms with Crippen LogP contribution in [0.4, 0.5) is 4.79 Å². The zero-order valence-electron chi connectivity index (χ0n) is 8.91. The lowest BCUT2D eigenvalue weighted by Crippen LogP contribution is -2.11. The summed E-state index contributed by atoms with van der Waals surface area (Å²) in [7, 11) is -2.87. The first-order valence-corrected chi connectivity index (χ1v) is 4.97. The zero-order chi connectivity index (χ0) is 13.7. The number of carbonyl (C=O) groups is 2. The largest absolute Gasteiger partial charge is 0.692 e. The van der Waals surface area contributed by atoms with Crippen molar-refractivity contribution < 1.29 is 33.8 Å². The van der Waals surface area contributed by atoms with Crippen LogP contribution in [0.25, 0.3) is 0 Å². The minimum atomic E-state index is -2.87. The Bertz CT molecular complexity index is 237. The number of carbonyl (C=O) groups excluding carboxylic acids is 1. The molecule has 0 aromatic carbocycles. The summed E-state index contributed by atoms with van der Waals surface area (Å²) < 4.78 is 12.9. The highest BCUT2D eigenvalue weighted by atomic mass is 31.1. The number of carboxylic acids is 1. The molecule has 0 radical (unpaired) electrons. The average molecular weight is 256 g/mol. The fourth-order valence-corrected chi connectivity index (χ4v) is 0.142. The van der Waals surface area contributed by atoms with Crippen LogP contribution in [-0.4, -0.2) is 33.6 Å². The molecular formula is C7H15NO7P+. The van der Waals surface area contributed by atoms with E-state index in [1.54, 1.807) is 6.92 Å². The summed E-state index contributed by atoms with van der Waals surface area (Å²) in [6.07, 6.45) is -0.711. The molecule has 9 heteroatoms. The van der Waals surface area contributed by atoms with E-state index >= 15 is 0 Å². The first kappa shape index (κ1) is 20.0. The highest BCUT2D eigenvalue weighted by Crippen LogP contribution is 1.98. The Morgan fingerprint density at radius 1 is 1.44 bits per heavy atom. The van der Waals surface area contributed by atoms with Crippen LogP contribution in [0.3, 0.4) is 0 Å². The van der Waals surface area contributed by atoms with Gasteiger partial charge in [-0.3, -0.25) is 0 Å². The molecule has 0 rings (SSSR count). The van der Waals surface area contributed by atoms with Crippen LogP contribution < -0.4 is 5.73 Å². The second-order valence-corrected chi connectivity index (χ2v) is 2.60. The van der Waals surface area contributed by atoms with E-state index in [1.807, 2.05) is 0 Å². The van der Waals surface area contributed by atoms with Gasteiger partial charge in [-0.25, -0.2) is 9.59 Å². The number of aliphatic carboxylic acids is 1. The van der Waals surface area contributed by atoms with Crippen LogP contribution in [-0.2, 0) is 14.1 Å². The molecule has 0 spiro atoms. The van der Waals surface area contributed by atoms with Crippen LogP contribution in [0.2, 0.25) is 0 Å². The van der Waals surface area contributed by atoms with Gasteiger partial charge in [-0.05, 0) is 13.8 Å². The minimum absolute atomic E-state index is 0.176. The molecule has 5 N–H and O–H groups in total. The van der Waals surface area contributed by atoms with Gasteiger partial charge in [0.1, 0.15) is 0 Å². The molecule has 94 valence electrons. The maximum absolute atomic E-state index is 9.60. The molecule has 0 saturated heterocycles. The van der Waals surface area contributed by atoms with Gasteiger partial charge in [0.25, 0.3) is 0 Å². The third-order valence-electron chi connectivity index (χ3n) is 0.652. The molecule has 0 fully saturated rings. The molecule has 0 aliphatic heterocycles. The number of rotatable bonds is 2. The van der Waals surface area contributed by atoms with Crippen molar-refractivity contribution in [3.8, 4) is 0 Å². The van der Waals surface area contributed by atoms with Crippen LogP contribution in [0, 0.1) is 0 Å². The van der Waals surface area contributed by atoms with Crippen molar-refractivity contribution in [2.24, 2.45) is 5.73 Å². The maximum atomic E-state index is 9.60. The monoisotopic (exact) mass is 256 g/mol. The standard InChI is InChI=1S/C4H6O2.C3H7NO2.HO3P/c1-3(2)4(5)6;1-2-6-3(4)5;1-4(2)3/h1H2,2H3,(H,5,6);2H2,1H3,(H2,4,5);(H-,1,2,3)/p+1. The van der Waals surface area contributed by atoms with Gasteiger partial charge >= 0.3 is 20.3 Å². The number of hydrogen-bond donors (Lipinski definition) is 4. The molecule has 0 aromatic rings. The van der Waals surface area contributed by atoms with E-state index < -0.39 is 20.3 Å². The quantitative estimate of drug-likeness (QED) is 0.412. The van der Waals surface area contributed by atoms with Crippen molar-refractivity contribution >= 4 is 20.3 Å². The van der Waals surface area contributed by atoms with Gasteiger partial charge in [0.05, 0.1) is 6.61 Å². The number of nitrogens with two attached hydrogens (primary N) is 1. The van der Waals surface area contributed by atoms with Gasteiger partial charge < -0.3 is 15.6 Å². The predicted octanol–water partition coefficient (Wildman–Crippen LogP) is 0.377. The number of primary amides is 1. The Morgan fingerprint density at radius 3 is 1.69 bits per heavy atom. The lowest BCUT2D eigenvalue weighted by Gasteiger charge is -1.89. The van der Waals surface area contributed by atoms with Gasteiger partial charge in [0.2, 0.25) is 0 Å². The Morgan fingerprint density at radius 2 is 1.69 bits per heavy atom. The highest BCUT2D eigenvalue weighted by Gasteiger charge is 1.93. The van der Waals surface area contributed by atoms with Gasteiger partial charge in [-0.1, -0.05) is 6.58 Å². The summed E-state index contributed by atoms with van der Waals surface area (Å²) in [5.41, 5.74) is 4.72. The molecule has 0 aromatic heterocycles. The number of carboxylic acid groups (broad SMARTS) is 1. The van der Waals surface area contributed by atoms with Crippen LogP contribution in [0.15, 0.2) is 12.2 Å². The fraction of sp³-hybridized carbons (Fsp3) is 0.429. The summed E-state index contributed by atoms with van der Waals surface area (Å²) in [5, 5.41) is 7.89. The first-order valence-electron chi connectivity index (χ1n) is 3.81. The molecule has 0 atom stereocenters. The van der Waals surface area contributed by atoms with Crippen molar-refractivity contribution in [3.63, 3.8) is 0 Å². The van der Waals surface area contributed by atoms with E-state index in [0.717, 1.165) is 0 Å². The summed E-state index contributed by atoms with van der Waals surface area (Å²) in [5.74, 6) is -0.935. The van der Waals surface area contributed by atoms with Crippen molar-refractivity contribution in [1.82, 2.24) is 0 Å². The molecule has 1 amide bonds. The zero-order valence-corrected chi connectivity index (χ0v) is 9.81. The first-order chi connectivity index (χ1) is 7.14. The summed E-state index contributed by atoms with van der Waals surface area (Å²) >= 11 is 0. The number of ether oxygens (including phenoxy) is 1. The van der Waals surface area contributed by atoms with Gasteiger partial charge in [0.15, 0.2) is 0 Å². The Kier molecular flexibility index (Phi) is 16.9. The third-order valence-corrected chi connectivity index (χ3v) is 0.652. The molecule has 0 bridgehead atoms. The van der Waals surface area contributed by atoms with Gasteiger partial charge in [0, 0.05) is 10.1 Å². The topological polar surface area (TPSA) is 147 Å².